The number of hydrogen-bond acceptors (Lipinski definition) is 4. The van der Waals surface area contributed by atoms with Crippen LogP contribution < -0.4 is 15.4 Å². The van der Waals surface area contributed by atoms with Crippen LogP contribution in [0.3, 0.4) is 0 Å². The van der Waals surface area contributed by atoms with Crippen LogP contribution >= 0.6 is 0 Å². The minimum atomic E-state index is -0.666. The predicted octanol–water partition coefficient (Wildman–Crippen LogP) is 4.35. The number of carbonyl (C=O) groups excluding carboxylic acids is 2. The molecule has 0 aliphatic carbocycles. The standard InChI is InChI=1S/C22H25FN2O4/c1-13-20(26)24-18-12-15(9-10-19(18)28-13)17(25-21(27)29-22(2,3)4)11-14-7-5-6-8-16(14)23/h5-10,12-13,17H,11H2,1-4H3,(H,24,26)(H,25,27). The second kappa shape index (κ2) is 8.11. The van der Waals surface area contributed by atoms with Crippen LogP contribution in [0.4, 0.5) is 14.9 Å². The Morgan fingerprint density at radius 1 is 1.28 bits per heavy atom. The van der Waals surface area contributed by atoms with Crippen molar-refractivity contribution in [3.63, 3.8) is 0 Å². The van der Waals surface area contributed by atoms with E-state index in [2.05, 4.69) is 10.6 Å². The number of amides is 2. The maximum Gasteiger partial charge on any atom is 0.408 e. The quantitative estimate of drug-likeness (QED) is 0.800. The molecule has 0 spiro atoms. The van der Waals surface area contributed by atoms with Gasteiger partial charge in [-0.2, -0.15) is 0 Å². The third-order valence-corrected chi connectivity index (χ3v) is 4.41. The molecule has 1 aliphatic heterocycles. The first kappa shape index (κ1) is 20.6. The normalized spacial score (nSPS) is 16.9. The Labute approximate surface area is 169 Å². The van der Waals surface area contributed by atoms with Crippen LogP contribution in [0, 0.1) is 5.82 Å². The maximum absolute atomic E-state index is 14.2. The van der Waals surface area contributed by atoms with Crippen molar-refractivity contribution in [2.45, 2.75) is 51.9 Å². The predicted molar refractivity (Wildman–Crippen MR) is 107 cm³/mol. The molecule has 0 aromatic heterocycles. The average Bonchev–Trinajstić information content (AvgIpc) is 2.62. The van der Waals surface area contributed by atoms with Crippen molar-refractivity contribution >= 4 is 17.7 Å². The molecule has 2 aromatic rings. The lowest BCUT2D eigenvalue weighted by Gasteiger charge is -2.27. The number of carbonyl (C=O) groups is 2. The second-order valence-corrected chi connectivity index (χ2v) is 8.00. The number of nitrogens with one attached hydrogen (secondary N) is 2. The van der Waals surface area contributed by atoms with Gasteiger partial charge in [-0.05, 0) is 63.4 Å². The monoisotopic (exact) mass is 400 g/mol. The van der Waals surface area contributed by atoms with Gasteiger partial charge >= 0.3 is 6.09 Å². The molecule has 2 atom stereocenters. The van der Waals surface area contributed by atoms with E-state index in [1.807, 2.05) is 0 Å². The van der Waals surface area contributed by atoms with Gasteiger partial charge in [-0.3, -0.25) is 4.79 Å². The zero-order valence-corrected chi connectivity index (χ0v) is 16.9. The summed E-state index contributed by atoms with van der Waals surface area (Å²) >= 11 is 0. The molecule has 2 N–H and O–H groups in total. The molecule has 2 aromatic carbocycles. The number of fused-ring (bicyclic) bond motifs is 1. The van der Waals surface area contributed by atoms with Crippen molar-refractivity contribution in [2.75, 3.05) is 5.32 Å². The van der Waals surface area contributed by atoms with E-state index in [9.17, 15) is 14.0 Å². The van der Waals surface area contributed by atoms with Gasteiger partial charge in [0.25, 0.3) is 5.91 Å². The van der Waals surface area contributed by atoms with Gasteiger partial charge in [0.15, 0.2) is 6.10 Å². The van der Waals surface area contributed by atoms with Crippen LogP contribution in [0.25, 0.3) is 0 Å². The topological polar surface area (TPSA) is 76.7 Å². The molecular weight excluding hydrogens is 375 g/mol. The molecule has 0 bridgehead atoms. The summed E-state index contributed by atoms with van der Waals surface area (Å²) in [5.41, 5.74) is 0.993. The van der Waals surface area contributed by atoms with Crippen LogP contribution in [0.15, 0.2) is 42.5 Å². The molecule has 0 fully saturated rings. The van der Waals surface area contributed by atoms with Gasteiger partial charge in [-0.15, -0.1) is 0 Å². The minimum absolute atomic E-state index is 0.218. The Hall–Kier alpha value is -3.09. The van der Waals surface area contributed by atoms with E-state index in [0.29, 0.717) is 22.6 Å². The summed E-state index contributed by atoms with van der Waals surface area (Å²) in [6.45, 7) is 6.97. The molecule has 29 heavy (non-hydrogen) atoms. The Kier molecular flexibility index (Phi) is 5.77. The first-order valence-electron chi connectivity index (χ1n) is 9.47. The van der Waals surface area contributed by atoms with Crippen molar-refractivity contribution in [3.8, 4) is 5.75 Å². The lowest BCUT2D eigenvalue weighted by atomic mass is 9.97. The fourth-order valence-corrected chi connectivity index (χ4v) is 3.03. The molecule has 2 unspecified atom stereocenters. The van der Waals surface area contributed by atoms with Crippen molar-refractivity contribution in [3.05, 3.63) is 59.4 Å². The Balaban J connectivity index is 1.90. The first-order chi connectivity index (χ1) is 13.6. The van der Waals surface area contributed by atoms with E-state index in [1.165, 1.54) is 6.07 Å². The lowest BCUT2D eigenvalue weighted by molar-refractivity contribution is -0.122. The van der Waals surface area contributed by atoms with Crippen LogP contribution in [0.1, 0.15) is 44.9 Å². The molecule has 6 nitrogen and oxygen atoms in total. The van der Waals surface area contributed by atoms with Gasteiger partial charge in [-0.25, -0.2) is 9.18 Å². The summed E-state index contributed by atoms with van der Waals surface area (Å²) in [6, 6.07) is 11.1. The van der Waals surface area contributed by atoms with Crippen molar-refractivity contribution in [1.82, 2.24) is 5.32 Å². The molecule has 0 saturated heterocycles. The van der Waals surface area contributed by atoms with E-state index >= 15 is 0 Å². The highest BCUT2D eigenvalue weighted by molar-refractivity contribution is 5.97. The van der Waals surface area contributed by atoms with E-state index < -0.39 is 23.8 Å². The second-order valence-electron chi connectivity index (χ2n) is 8.00. The van der Waals surface area contributed by atoms with Crippen LogP contribution in [0.5, 0.6) is 5.75 Å². The summed E-state index contributed by atoms with van der Waals surface area (Å²) in [7, 11) is 0. The van der Waals surface area contributed by atoms with Crippen molar-refractivity contribution < 1.29 is 23.5 Å². The van der Waals surface area contributed by atoms with Crippen LogP contribution in [-0.2, 0) is 16.0 Å². The SMILES string of the molecule is CC1Oc2ccc(C(Cc3ccccc3F)NC(=O)OC(C)(C)C)cc2NC1=O. The lowest BCUT2D eigenvalue weighted by Crippen LogP contribution is -2.36. The summed E-state index contributed by atoms with van der Waals surface area (Å²) in [6.07, 6.45) is -0.969. The third kappa shape index (κ3) is 5.25. The van der Waals surface area contributed by atoms with Gasteiger partial charge < -0.3 is 20.1 Å². The first-order valence-corrected chi connectivity index (χ1v) is 9.47. The van der Waals surface area contributed by atoms with E-state index in [0.717, 1.165) is 0 Å². The Morgan fingerprint density at radius 3 is 2.69 bits per heavy atom. The number of ether oxygens (including phenoxy) is 2. The van der Waals surface area contributed by atoms with Gasteiger partial charge in [0.2, 0.25) is 0 Å². The summed E-state index contributed by atoms with van der Waals surface area (Å²) in [4.78, 5) is 24.3. The fraction of sp³-hybridized carbons (Fsp3) is 0.364. The minimum Gasteiger partial charge on any atom is -0.479 e. The highest BCUT2D eigenvalue weighted by Crippen LogP contribution is 2.33. The molecule has 1 heterocycles. The molecule has 3 rings (SSSR count). The van der Waals surface area contributed by atoms with Gasteiger partial charge in [0.1, 0.15) is 17.2 Å². The Morgan fingerprint density at radius 2 is 2.00 bits per heavy atom. The van der Waals surface area contributed by atoms with E-state index in [-0.39, 0.29) is 18.1 Å². The third-order valence-electron chi connectivity index (χ3n) is 4.41. The molecule has 0 saturated carbocycles. The number of benzene rings is 2. The number of halogens is 1. The summed E-state index contributed by atoms with van der Waals surface area (Å²) in [5.74, 6) is -0.0601. The molecule has 154 valence electrons. The van der Waals surface area contributed by atoms with Crippen molar-refractivity contribution in [1.29, 1.82) is 0 Å². The van der Waals surface area contributed by atoms with Gasteiger partial charge in [0.05, 0.1) is 11.7 Å². The van der Waals surface area contributed by atoms with E-state index in [4.69, 9.17) is 9.47 Å². The summed E-state index contributed by atoms with van der Waals surface area (Å²) < 4.78 is 25.2. The largest absolute Gasteiger partial charge is 0.479 e. The average molecular weight is 400 g/mol. The van der Waals surface area contributed by atoms with Crippen LogP contribution in [-0.4, -0.2) is 23.7 Å². The molecule has 7 heteroatoms. The van der Waals surface area contributed by atoms with Gasteiger partial charge in [-0.1, -0.05) is 24.3 Å². The highest BCUT2D eigenvalue weighted by atomic mass is 19.1. The number of anilines is 1. The Bertz CT molecular complexity index is 923. The number of rotatable bonds is 4. The van der Waals surface area contributed by atoms with Crippen LogP contribution in [0.2, 0.25) is 0 Å². The zero-order chi connectivity index (χ0) is 21.2. The highest BCUT2D eigenvalue weighted by Gasteiger charge is 2.26. The van der Waals surface area contributed by atoms with Gasteiger partial charge in [0, 0.05) is 0 Å². The number of alkyl carbamates (subject to hydrolysis) is 1. The molecular formula is C22H25FN2O4. The van der Waals surface area contributed by atoms with E-state index in [1.54, 1.807) is 64.1 Å². The molecule has 0 radical (unpaired) electrons. The maximum atomic E-state index is 14.2. The summed E-state index contributed by atoms with van der Waals surface area (Å²) in [5, 5.41) is 5.60. The molecule has 1 aliphatic rings. The molecule has 2 amide bonds. The van der Waals surface area contributed by atoms with Crippen molar-refractivity contribution in [2.24, 2.45) is 0 Å². The fourth-order valence-electron chi connectivity index (χ4n) is 3.03. The smallest absolute Gasteiger partial charge is 0.408 e. The zero-order valence-electron chi connectivity index (χ0n) is 16.9. The number of hydrogen-bond donors (Lipinski definition) is 2.